The molecule has 3 heteroatoms. The van der Waals surface area contributed by atoms with Gasteiger partial charge >= 0.3 is 0 Å². The van der Waals surface area contributed by atoms with Crippen LogP contribution in [-0.2, 0) is 6.42 Å². The van der Waals surface area contributed by atoms with Crippen LogP contribution in [-0.4, -0.2) is 4.98 Å². The van der Waals surface area contributed by atoms with Gasteiger partial charge in [0.1, 0.15) is 5.01 Å². The number of thiazole rings is 1. The molecule has 1 aliphatic carbocycles. The van der Waals surface area contributed by atoms with Gasteiger partial charge in [-0.25, -0.2) is 4.98 Å². The lowest BCUT2D eigenvalue weighted by atomic mass is 10.0. The minimum absolute atomic E-state index is 0.878. The van der Waals surface area contributed by atoms with Crippen molar-refractivity contribution in [1.82, 2.24) is 4.98 Å². The number of hydrogen-bond acceptors (Lipinski definition) is 3. The van der Waals surface area contributed by atoms with E-state index in [-0.39, 0.29) is 0 Å². The molecule has 2 N–H and O–H groups in total. The van der Waals surface area contributed by atoms with E-state index in [4.69, 9.17) is 5.73 Å². The van der Waals surface area contributed by atoms with Crippen molar-refractivity contribution in [3.8, 4) is 21.7 Å². The molecule has 0 atom stereocenters. The Hall–Kier alpha value is -2.13. The zero-order valence-corrected chi connectivity index (χ0v) is 11.1. The first-order valence-corrected chi connectivity index (χ1v) is 7.12. The summed E-state index contributed by atoms with van der Waals surface area (Å²) < 4.78 is 0. The van der Waals surface area contributed by atoms with Crippen LogP contribution in [0.25, 0.3) is 21.7 Å². The molecular weight excluding hydrogens is 252 g/mol. The molecule has 0 amide bonds. The van der Waals surface area contributed by atoms with E-state index in [2.05, 4.69) is 41.4 Å². The smallest absolute Gasteiger partial charge is 0.125 e. The van der Waals surface area contributed by atoms with Gasteiger partial charge in [0.2, 0.25) is 0 Å². The molecule has 2 aromatic carbocycles. The number of rotatable bonds is 1. The summed E-state index contributed by atoms with van der Waals surface area (Å²) >= 11 is 1.63. The minimum Gasteiger partial charge on any atom is -0.398 e. The zero-order chi connectivity index (χ0) is 12.8. The van der Waals surface area contributed by atoms with E-state index in [9.17, 15) is 0 Å². The van der Waals surface area contributed by atoms with Crippen LogP contribution in [0.5, 0.6) is 0 Å². The summed E-state index contributed by atoms with van der Waals surface area (Å²) in [5.74, 6) is 0. The second-order valence-electron chi connectivity index (χ2n) is 4.72. The number of nitrogens with zero attached hydrogens (tertiary/aromatic N) is 1. The monoisotopic (exact) mass is 264 g/mol. The van der Waals surface area contributed by atoms with Crippen LogP contribution >= 0.6 is 11.3 Å². The number of nitrogens with two attached hydrogens (primary N) is 1. The summed E-state index contributed by atoms with van der Waals surface area (Å²) in [6.07, 6.45) is 2.75. The predicted molar refractivity (Wildman–Crippen MR) is 80.2 cm³/mol. The van der Waals surface area contributed by atoms with Crippen molar-refractivity contribution in [3.63, 3.8) is 0 Å². The molecule has 0 spiro atoms. The molecule has 2 nitrogen and oxygen atoms in total. The van der Waals surface area contributed by atoms with Gasteiger partial charge in [0.25, 0.3) is 0 Å². The van der Waals surface area contributed by atoms with Gasteiger partial charge in [0.15, 0.2) is 0 Å². The lowest BCUT2D eigenvalue weighted by Crippen LogP contribution is -1.96. The molecule has 1 aliphatic rings. The van der Waals surface area contributed by atoms with E-state index in [1.54, 1.807) is 11.3 Å². The molecule has 0 unspecified atom stereocenters. The van der Waals surface area contributed by atoms with Gasteiger partial charge in [-0.2, -0.15) is 0 Å². The van der Waals surface area contributed by atoms with Crippen molar-refractivity contribution in [2.45, 2.75) is 6.42 Å². The Kier molecular flexibility index (Phi) is 2.23. The van der Waals surface area contributed by atoms with E-state index in [0.717, 1.165) is 22.7 Å². The average molecular weight is 264 g/mol. The molecule has 0 fully saturated rings. The van der Waals surface area contributed by atoms with Gasteiger partial charge in [-0.3, -0.25) is 0 Å². The Morgan fingerprint density at radius 2 is 1.84 bits per heavy atom. The highest BCUT2D eigenvalue weighted by Gasteiger charge is 2.22. The molecule has 3 aromatic rings. The maximum atomic E-state index is 6.37. The molecule has 0 aliphatic heterocycles. The first-order chi connectivity index (χ1) is 9.34. The largest absolute Gasteiger partial charge is 0.398 e. The average Bonchev–Trinajstić information content (AvgIpc) is 3.06. The molecule has 1 aromatic heterocycles. The van der Waals surface area contributed by atoms with Crippen LogP contribution in [0.15, 0.2) is 48.0 Å². The third-order valence-corrected chi connectivity index (χ3v) is 4.50. The minimum atomic E-state index is 0.878. The summed E-state index contributed by atoms with van der Waals surface area (Å²) in [4.78, 5) is 4.36. The molecular formula is C16H12N2S. The normalized spacial score (nSPS) is 12.2. The van der Waals surface area contributed by atoms with Gasteiger partial charge in [-0.15, -0.1) is 11.3 Å². The van der Waals surface area contributed by atoms with E-state index < -0.39 is 0 Å². The maximum Gasteiger partial charge on any atom is 0.125 e. The maximum absolute atomic E-state index is 6.37. The Morgan fingerprint density at radius 3 is 2.68 bits per heavy atom. The molecule has 0 bridgehead atoms. The molecule has 0 saturated carbocycles. The zero-order valence-electron chi connectivity index (χ0n) is 10.3. The highest BCUT2D eigenvalue weighted by atomic mass is 32.1. The van der Waals surface area contributed by atoms with Crippen molar-refractivity contribution < 1.29 is 0 Å². The van der Waals surface area contributed by atoms with Crippen molar-refractivity contribution >= 4 is 17.0 Å². The van der Waals surface area contributed by atoms with Crippen LogP contribution in [0.4, 0.5) is 5.69 Å². The second kappa shape index (κ2) is 3.93. The lowest BCUT2D eigenvalue weighted by molar-refractivity contribution is 1.26. The Labute approximate surface area is 115 Å². The SMILES string of the molecule is Nc1c(-c2nccs2)ccc2c1Cc1ccccc1-2. The van der Waals surface area contributed by atoms with Gasteiger partial charge < -0.3 is 5.73 Å². The topological polar surface area (TPSA) is 38.9 Å². The Morgan fingerprint density at radius 1 is 1.00 bits per heavy atom. The van der Waals surface area contributed by atoms with E-state index in [1.807, 2.05) is 11.6 Å². The first kappa shape index (κ1) is 10.8. The predicted octanol–water partition coefficient (Wildman–Crippen LogP) is 3.96. The van der Waals surface area contributed by atoms with E-state index in [0.29, 0.717) is 0 Å². The van der Waals surface area contributed by atoms with Crippen LogP contribution in [0.1, 0.15) is 11.1 Å². The number of benzene rings is 2. The van der Waals surface area contributed by atoms with Crippen molar-refractivity contribution in [2.24, 2.45) is 0 Å². The first-order valence-electron chi connectivity index (χ1n) is 6.24. The third kappa shape index (κ3) is 1.52. The van der Waals surface area contributed by atoms with Crippen LogP contribution in [0.2, 0.25) is 0 Å². The lowest BCUT2D eigenvalue weighted by Gasteiger charge is -2.08. The van der Waals surface area contributed by atoms with Gasteiger partial charge in [0, 0.05) is 29.2 Å². The molecule has 0 radical (unpaired) electrons. The summed E-state index contributed by atoms with van der Waals surface area (Å²) in [6, 6.07) is 12.8. The second-order valence-corrected chi connectivity index (χ2v) is 5.62. The number of fused-ring (bicyclic) bond motifs is 3. The highest BCUT2D eigenvalue weighted by molar-refractivity contribution is 7.13. The number of nitrogen functional groups attached to an aromatic ring is 1. The van der Waals surface area contributed by atoms with Crippen LogP contribution in [0, 0.1) is 0 Å². The number of anilines is 1. The van der Waals surface area contributed by atoms with Crippen LogP contribution < -0.4 is 5.73 Å². The Balaban J connectivity index is 1.94. The fourth-order valence-corrected chi connectivity index (χ4v) is 3.46. The highest BCUT2D eigenvalue weighted by Crippen LogP contribution is 2.43. The van der Waals surface area contributed by atoms with Gasteiger partial charge in [-0.05, 0) is 28.3 Å². The summed E-state index contributed by atoms with van der Waals surface area (Å²) in [6.45, 7) is 0. The summed E-state index contributed by atoms with van der Waals surface area (Å²) in [5.41, 5.74) is 13.5. The fourth-order valence-electron chi connectivity index (χ4n) is 2.78. The fraction of sp³-hybridized carbons (Fsp3) is 0.0625. The number of aromatic nitrogens is 1. The molecule has 0 saturated heterocycles. The molecule has 4 rings (SSSR count). The quantitative estimate of drug-likeness (QED) is 0.528. The Bertz CT molecular complexity index is 760. The molecule has 19 heavy (non-hydrogen) atoms. The molecule has 1 heterocycles. The molecule has 92 valence electrons. The summed E-state index contributed by atoms with van der Waals surface area (Å²) in [5, 5.41) is 2.98. The van der Waals surface area contributed by atoms with Crippen molar-refractivity contribution in [2.75, 3.05) is 5.73 Å². The third-order valence-electron chi connectivity index (χ3n) is 3.69. The van der Waals surface area contributed by atoms with E-state index in [1.165, 1.54) is 22.3 Å². The van der Waals surface area contributed by atoms with Gasteiger partial charge in [-0.1, -0.05) is 30.3 Å². The number of hydrogen-bond donors (Lipinski definition) is 1. The van der Waals surface area contributed by atoms with Crippen LogP contribution in [0.3, 0.4) is 0 Å². The van der Waals surface area contributed by atoms with Crippen molar-refractivity contribution in [1.29, 1.82) is 0 Å². The van der Waals surface area contributed by atoms with Gasteiger partial charge in [0.05, 0.1) is 0 Å². The van der Waals surface area contributed by atoms with E-state index >= 15 is 0 Å². The summed E-state index contributed by atoms with van der Waals surface area (Å²) in [7, 11) is 0. The standard InChI is InChI=1S/C16H12N2S/c17-15-13(16-18-7-8-19-16)6-5-12-11-4-2-1-3-10(11)9-14(12)15/h1-8H,9,17H2. The van der Waals surface area contributed by atoms with Crippen molar-refractivity contribution in [3.05, 3.63) is 59.1 Å².